The highest BCUT2D eigenvalue weighted by molar-refractivity contribution is 9.10. The lowest BCUT2D eigenvalue weighted by Crippen LogP contribution is -2.42. The second kappa shape index (κ2) is 7.91. The molecule has 1 aromatic rings. The van der Waals surface area contributed by atoms with Crippen molar-refractivity contribution in [1.82, 2.24) is 9.62 Å². The van der Waals surface area contributed by atoms with Crippen molar-refractivity contribution in [3.63, 3.8) is 0 Å². The van der Waals surface area contributed by atoms with Crippen molar-refractivity contribution in [1.29, 1.82) is 0 Å². The Bertz CT molecular complexity index is 590. The Labute approximate surface area is 134 Å². The molecule has 1 amide bonds. The third kappa shape index (κ3) is 5.41. The first-order chi connectivity index (χ1) is 9.77. The Kier molecular flexibility index (Phi) is 6.83. The molecule has 1 unspecified atom stereocenters. The quantitative estimate of drug-likeness (QED) is 0.793. The summed E-state index contributed by atoms with van der Waals surface area (Å²) in [4.78, 5) is 12.0. The lowest BCUT2D eigenvalue weighted by Gasteiger charge is -2.26. The molecule has 0 aromatic heterocycles. The maximum Gasteiger partial charge on any atom is 0.252 e. The minimum Gasteiger partial charge on any atom is -0.351 e. The molecule has 0 spiro atoms. The molecule has 0 aliphatic carbocycles. The molecule has 7 heteroatoms. The molecule has 118 valence electrons. The van der Waals surface area contributed by atoms with Gasteiger partial charge >= 0.3 is 0 Å². The van der Waals surface area contributed by atoms with E-state index in [1.54, 1.807) is 18.2 Å². The van der Waals surface area contributed by atoms with Gasteiger partial charge in [0.25, 0.3) is 5.91 Å². The number of nitrogens with one attached hydrogen (secondary N) is 1. The number of nitrogens with zero attached hydrogens (tertiary/aromatic N) is 1. The number of rotatable bonds is 7. The van der Waals surface area contributed by atoms with Crippen LogP contribution in [0.3, 0.4) is 0 Å². The summed E-state index contributed by atoms with van der Waals surface area (Å²) in [5.41, 5.74) is 0.534. The molecular formula is C14H21BrN2O3S. The molecule has 0 aliphatic rings. The molecule has 1 rings (SSSR count). The predicted octanol–water partition coefficient (Wildman–Crippen LogP) is 2.24. The van der Waals surface area contributed by atoms with Crippen LogP contribution in [0, 0.1) is 0 Å². The van der Waals surface area contributed by atoms with E-state index in [4.69, 9.17) is 0 Å². The zero-order valence-corrected chi connectivity index (χ0v) is 14.9. The van der Waals surface area contributed by atoms with Crippen molar-refractivity contribution >= 4 is 31.9 Å². The first kappa shape index (κ1) is 18.1. The van der Waals surface area contributed by atoms with E-state index < -0.39 is 10.0 Å². The zero-order valence-electron chi connectivity index (χ0n) is 12.5. The summed E-state index contributed by atoms with van der Waals surface area (Å²) in [6, 6.07) is 7.02. The maximum absolute atomic E-state index is 12.0. The summed E-state index contributed by atoms with van der Waals surface area (Å²) in [5, 5.41) is 2.75. The third-order valence-electron chi connectivity index (χ3n) is 3.24. The van der Waals surface area contributed by atoms with Gasteiger partial charge in [-0.3, -0.25) is 4.79 Å². The lowest BCUT2D eigenvalue weighted by atomic mass is 10.2. The summed E-state index contributed by atoms with van der Waals surface area (Å²) < 4.78 is 25.6. The number of hydrogen-bond donors (Lipinski definition) is 1. The van der Waals surface area contributed by atoms with Crippen molar-refractivity contribution in [2.24, 2.45) is 0 Å². The predicted molar refractivity (Wildman–Crippen MR) is 87.8 cm³/mol. The summed E-state index contributed by atoms with van der Waals surface area (Å²) in [6.45, 7) is 4.33. The van der Waals surface area contributed by atoms with E-state index in [2.05, 4.69) is 21.2 Å². The topological polar surface area (TPSA) is 66.5 Å². The maximum atomic E-state index is 12.0. The lowest BCUT2D eigenvalue weighted by molar-refractivity contribution is 0.0949. The molecule has 0 aliphatic heterocycles. The van der Waals surface area contributed by atoms with Crippen LogP contribution < -0.4 is 5.32 Å². The van der Waals surface area contributed by atoms with Crippen LogP contribution in [0.25, 0.3) is 0 Å². The van der Waals surface area contributed by atoms with E-state index in [0.29, 0.717) is 10.0 Å². The summed E-state index contributed by atoms with van der Waals surface area (Å²) in [5.74, 6) is -0.222. The highest BCUT2D eigenvalue weighted by atomic mass is 79.9. The highest BCUT2D eigenvalue weighted by Crippen LogP contribution is 2.15. The first-order valence-electron chi connectivity index (χ1n) is 6.77. The number of amides is 1. The number of hydrogen-bond acceptors (Lipinski definition) is 3. The zero-order chi connectivity index (χ0) is 16.0. The Hall–Kier alpha value is -0.920. The summed E-state index contributed by atoms with van der Waals surface area (Å²) in [6.07, 6.45) is 1.92. The fourth-order valence-corrected chi connectivity index (χ4v) is 3.63. The second-order valence-corrected chi connectivity index (χ2v) is 7.66. The van der Waals surface area contributed by atoms with E-state index in [0.717, 1.165) is 6.42 Å². The molecule has 1 atom stereocenters. The molecule has 5 nitrogen and oxygen atoms in total. The van der Waals surface area contributed by atoms with E-state index >= 15 is 0 Å². The molecule has 21 heavy (non-hydrogen) atoms. The third-order valence-corrected chi connectivity index (χ3v) is 5.33. The smallest absolute Gasteiger partial charge is 0.252 e. The van der Waals surface area contributed by atoms with Gasteiger partial charge in [-0.25, -0.2) is 8.42 Å². The Morgan fingerprint density at radius 1 is 1.38 bits per heavy atom. The van der Waals surface area contributed by atoms with E-state index in [9.17, 15) is 13.2 Å². The van der Waals surface area contributed by atoms with Gasteiger partial charge in [0.1, 0.15) is 0 Å². The molecule has 1 N–H and O–H groups in total. The van der Waals surface area contributed by atoms with Gasteiger partial charge in [0.2, 0.25) is 10.0 Å². The summed E-state index contributed by atoms with van der Waals surface area (Å²) in [7, 11) is -3.27. The van der Waals surface area contributed by atoms with Crippen LogP contribution in [-0.4, -0.2) is 44.0 Å². The van der Waals surface area contributed by atoms with Crippen LogP contribution in [0.4, 0.5) is 0 Å². The SMILES string of the molecule is CCC(C)N(CCNC(=O)c1ccccc1Br)S(C)(=O)=O. The number of halogens is 1. The monoisotopic (exact) mass is 376 g/mol. The second-order valence-electron chi connectivity index (χ2n) is 4.87. The average molecular weight is 377 g/mol. The number of carbonyl (C=O) groups excluding carboxylic acids is 1. The fraction of sp³-hybridized carbons (Fsp3) is 0.500. The Morgan fingerprint density at radius 2 is 2.00 bits per heavy atom. The molecule has 0 fully saturated rings. The standard InChI is InChI=1S/C14H21BrN2O3S/c1-4-11(2)17(21(3,19)20)10-9-16-14(18)12-7-5-6-8-13(12)15/h5-8,11H,4,9-10H2,1-3H3,(H,16,18). The molecule has 0 heterocycles. The van der Waals surface area contributed by atoms with Gasteiger partial charge < -0.3 is 5.32 Å². The fourth-order valence-electron chi connectivity index (χ4n) is 1.94. The summed E-state index contributed by atoms with van der Waals surface area (Å²) >= 11 is 3.32. The van der Waals surface area contributed by atoms with Gasteiger partial charge in [0.15, 0.2) is 0 Å². The van der Waals surface area contributed by atoms with E-state index in [1.807, 2.05) is 19.9 Å². The van der Waals surface area contributed by atoms with Gasteiger partial charge in [-0.1, -0.05) is 19.1 Å². The highest BCUT2D eigenvalue weighted by Gasteiger charge is 2.21. The number of sulfonamides is 1. The van der Waals surface area contributed by atoms with E-state index in [-0.39, 0.29) is 25.0 Å². The van der Waals surface area contributed by atoms with E-state index in [1.165, 1.54) is 10.6 Å². The normalized spacial score (nSPS) is 13.2. The van der Waals surface area contributed by atoms with Crippen LogP contribution in [0.1, 0.15) is 30.6 Å². The first-order valence-corrected chi connectivity index (χ1v) is 9.41. The van der Waals surface area contributed by atoms with Gasteiger partial charge in [-0.2, -0.15) is 4.31 Å². The molecule has 0 radical (unpaired) electrons. The minimum absolute atomic E-state index is 0.0830. The molecular weight excluding hydrogens is 356 g/mol. The average Bonchev–Trinajstić information content (AvgIpc) is 2.41. The van der Waals surface area contributed by atoms with Crippen LogP contribution >= 0.6 is 15.9 Å². The Balaban J connectivity index is 2.63. The van der Waals surface area contributed by atoms with Crippen molar-refractivity contribution in [3.05, 3.63) is 34.3 Å². The molecule has 0 bridgehead atoms. The Morgan fingerprint density at radius 3 is 2.52 bits per heavy atom. The van der Waals surface area contributed by atoms with Crippen molar-refractivity contribution < 1.29 is 13.2 Å². The van der Waals surface area contributed by atoms with Crippen molar-refractivity contribution in [2.75, 3.05) is 19.3 Å². The molecule has 0 saturated carbocycles. The van der Waals surface area contributed by atoms with Crippen LogP contribution in [0.15, 0.2) is 28.7 Å². The minimum atomic E-state index is -3.27. The van der Waals surface area contributed by atoms with Crippen molar-refractivity contribution in [3.8, 4) is 0 Å². The van der Waals surface area contributed by atoms with Gasteiger partial charge in [-0.05, 0) is 41.4 Å². The molecule has 0 saturated heterocycles. The van der Waals surface area contributed by atoms with Crippen molar-refractivity contribution in [2.45, 2.75) is 26.3 Å². The number of benzene rings is 1. The van der Waals surface area contributed by atoms with Gasteiger partial charge in [0, 0.05) is 23.6 Å². The van der Waals surface area contributed by atoms with Gasteiger partial charge in [-0.15, -0.1) is 0 Å². The van der Waals surface area contributed by atoms with Crippen LogP contribution in [0.5, 0.6) is 0 Å². The van der Waals surface area contributed by atoms with Crippen LogP contribution in [-0.2, 0) is 10.0 Å². The molecule has 1 aromatic carbocycles. The van der Waals surface area contributed by atoms with Crippen LogP contribution in [0.2, 0.25) is 0 Å². The largest absolute Gasteiger partial charge is 0.351 e. The number of carbonyl (C=O) groups is 1. The van der Waals surface area contributed by atoms with Gasteiger partial charge in [0.05, 0.1) is 11.8 Å².